The number of morpholine rings is 1. The molecule has 6 nitrogen and oxygen atoms in total. The Morgan fingerprint density at radius 1 is 1.28 bits per heavy atom. The van der Waals surface area contributed by atoms with Gasteiger partial charge >= 0.3 is 0 Å². The van der Waals surface area contributed by atoms with Gasteiger partial charge in [-0.25, -0.2) is 0 Å². The molecule has 7 heteroatoms. The van der Waals surface area contributed by atoms with Gasteiger partial charge in [0.05, 0.1) is 25.5 Å². The molecule has 2 aromatic rings. The first-order valence-electron chi connectivity index (χ1n) is 10.1. The summed E-state index contributed by atoms with van der Waals surface area (Å²) >= 11 is 6.27. The summed E-state index contributed by atoms with van der Waals surface area (Å²) in [5, 5.41) is 8.30. The van der Waals surface area contributed by atoms with Gasteiger partial charge in [0.25, 0.3) is 0 Å². The Balaban J connectivity index is 1.51. The lowest BCUT2D eigenvalue weighted by atomic mass is 10.1. The number of aromatic nitrogens is 2. The number of rotatable bonds is 8. The van der Waals surface area contributed by atoms with Crippen LogP contribution in [0.1, 0.15) is 28.9 Å². The summed E-state index contributed by atoms with van der Waals surface area (Å²) in [6, 6.07) is 7.77. The fourth-order valence-electron chi connectivity index (χ4n) is 3.45. The first kappa shape index (κ1) is 21.6. The topological polar surface area (TPSA) is 59.4 Å². The van der Waals surface area contributed by atoms with Crippen molar-refractivity contribution in [2.45, 2.75) is 26.8 Å². The minimum Gasteiger partial charge on any atom is -0.379 e. The SMILES string of the molecule is Cc1nn(Cc2ccccc2Cl)c(C)c1/C=C/C(=O)NCCCN1CCOCC1. The van der Waals surface area contributed by atoms with Crippen molar-refractivity contribution < 1.29 is 9.53 Å². The van der Waals surface area contributed by atoms with E-state index in [0.29, 0.717) is 13.1 Å². The fraction of sp³-hybridized carbons (Fsp3) is 0.455. The second-order valence-electron chi connectivity index (χ2n) is 7.27. The van der Waals surface area contributed by atoms with E-state index in [4.69, 9.17) is 16.3 Å². The van der Waals surface area contributed by atoms with E-state index in [9.17, 15) is 4.79 Å². The molecule has 0 aliphatic carbocycles. The molecule has 0 radical (unpaired) electrons. The lowest BCUT2D eigenvalue weighted by Crippen LogP contribution is -2.38. The maximum atomic E-state index is 12.2. The molecule has 0 saturated carbocycles. The maximum Gasteiger partial charge on any atom is 0.244 e. The summed E-state index contributed by atoms with van der Waals surface area (Å²) in [5.74, 6) is -0.0790. The van der Waals surface area contributed by atoms with Gasteiger partial charge in [-0.3, -0.25) is 14.4 Å². The van der Waals surface area contributed by atoms with Crippen molar-refractivity contribution in [3.05, 3.63) is 57.9 Å². The minimum absolute atomic E-state index is 0.0790. The van der Waals surface area contributed by atoms with Crippen LogP contribution in [0.5, 0.6) is 0 Å². The van der Waals surface area contributed by atoms with Gasteiger partial charge in [0, 0.05) is 42.0 Å². The van der Waals surface area contributed by atoms with Crippen LogP contribution in [0.2, 0.25) is 5.02 Å². The molecule has 1 N–H and O–H groups in total. The summed E-state index contributed by atoms with van der Waals surface area (Å²) in [7, 11) is 0. The molecule has 1 saturated heterocycles. The monoisotopic (exact) mass is 416 g/mol. The van der Waals surface area contributed by atoms with Crippen LogP contribution in [0.3, 0.4) is 0 Å². The fourth-order valence-corrected chi connectivity index (χ4v) is 3.65. The normalized spacial score (nSPS) is 15.1. The number of benzene rings is 1. The number of halogens is 1. The average molecular weight is 417 g/mol. The van der Waals surface area contributed by atoms with Gasteiger partial charge in [0.2, 0.25) is 5.91 Å². The number of carbonyl (C=O) groups excluding carboxylic acids is 1. The van der Waals surface area contributed by atoms with E-state index in [2.05, 4.69) is 15.3 Å². The molecule has 0 bridgehead atoms. The smallest absolute Gasteiger partial charge is 0.244 e. The second-order valence-corrected chi connectivity index (χ2v) is 7.67. The largest absolute Gasteiger partial charge is 0.379 e. The molecule has 3 rings (SSSR count). The van der Waals surface area contributed by atoms with Crippen LogP contribution in [-0.4, -0.2) is 60.0 Å². The Labute approximate surface area is 177 Å². The third-order valence-electron chi connectivity index (χ3n) is 5.17. The molecule has 0 unspecified atom stereocenters. The van der Waals surface area contributed by atoms with Crippen LogP contribution < -0.4 is 5.32 Å². The van der Waals surface area contributed by atoms with Crippen LogP contribution >= 0.6 is 11.6 Å². The van der Waals surface area contributed by atoms with E-state index in [1.165, 1.54) is 0 Å². The van der Waals surface area contributed by atoms with Crippen molar-refractivity contribution in [1.82, 2.24) is 20.0 Å². The highest BCUT2D eigenvalue weighted by molar-refractivity contribution is 6.31. The standard InChI is InChI=1S/C22H29ClN4O2/c1-17-20(18(2)27(25-17)16-19-6-3-4-7-21(19)23)8-9-22(28)24-10-5-11-26-12-14-29-15-13-26/h3-4,6-9H,5,10-16H2,1-2H3,(H,24,28)/b9-8+. The quantitative estimate of drug-likeness (QED) is 0.530. The molecule has 1 amide bonds. The number of hydrogen-bond donors (Lipinski definition) is 1. The molecule has 1 aliphatic rings. The number of nitrogens with zero attached hydrogens (tertiary/aromatic N) is 3. The van der Waals surface area contributed by atoms with Crippen molar-refractivity contribution in [2.24, 2.45) is 0 Å². The van der Waals surface area contributed by atoms with Crippen LogP contribution in [0, 0.1) is 13.8 Å². The van der Waals surface area contributed by atoms with Gasteiger partial charge in [-0.15, -0.1) is 0 Å². The van der Waals surface area contributed by atoms with E-state index in [0.717, 1.165) is 66.8 Å². The van der Waals surface area contributed by atoms with E-state index >= 15 is 0 Å². The Hall–Kier alpha value is -2.15. The van der Waals surface area contributed by atoms with Gasteiger partial charge in [-0.2, -0.15) is 5.10 Å². The lowest BCUT2D eigenvalue weighted by Gasteiger charge is -2.26. The zero-order valence-corrected chi connectivity index (χ0v) is 17.9. The average Bonchev–Trinajstić information content (AvgIpc) is 2.99. The summed E-state index contributed by atoms with van der Waals surface area (Å²) in [6.45, 7) is 9.79. The predicted octanol–water partition coefficient (Wildman–Crippen LogP) is 3.05. The number of carbonyl (C=O) groups is 1. The predicted molar refractivity (Wildman–Crippen MR) is 116 cm³/mol. The summed E-state index contributed by atoms with van der Waals surface area (Å²) < 4.78 is 7.27. The van der Waals surface area contributed by atoms with Gasteiger partial charge in [0.15, 0.2) is 0 Å². The van der Waals surface area contributed by atoms with Crippen LogP contribution in [0.25, 0.3) is 6.08 Å². The highest BCUT2D eigenvalue weighted by Crippen LogP contribution is 2.20. The van der Waals surface area contributed by atoms with Gasteiger partial charge in [0.1, 0.15) is 0 Å². The summed E-state index contributed by atoms with van der Waals surface area (Å²) in [6.07, 6.45) is 4.37. The number of ether oxygens (including phenoxy) is 1. The molecule has 1 aromatic heterocycles. The highest BCUT2D eigenvalue weighted by atomic mass is 35.5. The summed E-state index contributed by atoms with van der Waals surface area (Å²) in [4.78, 5) is 14.5. The molecule has 0 spiro atoms. The van der Waals surface area contributed by atoms with Crippen LogP contribution in [0.4, 0.5) is 0 Å². The molecule has 1 aromatic carbocycles. The number of hydrogen-bond acceptors (Lipinski definition) is 4. The van der Waals surface area contributed by atoms with Crippen molar-refractivity contribution in [3.63, 3.8) is 0 Å². The first-order chi connectivity index (χ1) is 14.0. The Bertz CT molecular complexity index is 856. The molecule has 1 aliphatic heterocycles. The van der Waals surface area contributed by atoms with Crippen LogP contribution in [-0.2, 0) is 16.1 Å². The van der Waals surface area contributed by atoms with Crippen molar-refractivity contribution in [2.75, 3.05) is 39.4 Å². The zero-order valence-electron chi connectivity index (χ0n) is 17.2. The van der Waals surface area contributed by atoms with E-state index in [1.54, 1.807) is 6.08 Å². The summed E-state index contributed by atoms with van der Waals surface area (Å²) in [5.41, 5.74) is 3.90. The van der Waals surface area contributed by atoms with Gasteiger partial charge < -0.3 is 10.1 Å². The third kappa shape index (κ3) is 6.16. The Morgan fingerprint density at radius 2 is 2.03 bits per heavy atom. The number of aryl methyl sites for hydroxylation is 1. The lowest BCUT2D eigenvalue weighted by molar-refractivity contribution is -0.116. The van der Waals surface area contributed by atoms with E-state index in [1.807, 2.05) is 48.9 Å². The minimum atomic E-state index is -0.0790. The zero-order chi connectivity index (χ0) is 20.6. The molecule has 156 valence electrons. The molecule has 1 fully saturated rings. The molecule has 0 atom stereocenters. The molecule has 2 heterocycles. The van der Waals surface area contributed by atoms with Crippen LogP contribution in [0.15, 0.2) is 30.3 Å². The first-order valence-corrected chi connectivity index (χ1v) is 10.5. The van der Waals surface area contributed by atoms with E-state index in [-0.39, 0.29) is 5.91 Å². The van der Waals surface area contributed by atoms with Crippen molar-refractivity contribution in [1.29, 1.82) is 0 Å². The Kier molecular flexibility index (Phi) is 7.86. The van der Waals surface area contributed by atoms with Crippen molar-refractivity contribution in [3.8, 4) is 0 Å². The third-order valence-corrected chi connectivity index (χ3v) is 5.54. The maximum absolute atomic E-state index is 12.2. The Morgan fingerprint density at radius 3 is 2.79 bits per heavy atom. The van der Waals surface area contributed by atoms with Gasteiger partial charge in [-0.1, -0.05) is 29.8 Å². The molecular formula is C22H29ClN4O2. The number of nitrogens with one attached hydrogen (secondary N) is 1. The van der Waals surface area contributed by atoms with Gasteiger partial charge in [-0.05, 0) is 44.5 Å². The van der Waals surface area contributed by atoms with E-state index < -0.39 is 0 Å². The molecular weight excluding hydrogens is 388 g/mol. The molecule has 29 heavy (non-hydrogen) atoms. The number of amides is 1. The van der Waals surface area contributed by atoms with Crippen molar-refractivity contribution >= 4 is 23.6 Å². The highest BCUT2D eigenvalue weighted by Gasteiger charge is 2.12. The second kappa shape index (κ2) is 10.6.